The molecule has 0 heterocycles. The molecule has 0 aliphatic carbocycles. The van der Waals surface area contributed by atoms with Crippen LogP contribution < -0.4 is 11.1 Å². The number of nitrogens with two attached hydrogens (primary N) is 1. The minimum Gasteiger partial charge on any atom is -0.480 e. The van der Waals surface area contributed by atoms with Gasteiger partial charge in [0.2, 0.25) is 5.91 Å². The highest BCUT2D eigenvalue weighted by molar-refractivity contribution is 5.83. The summed E-state index contributed by atoms with van der Waals surface area (Å²) in [6.07, 6.45) is 26.7. The van der Waals surface area contributed by atoms with Gasteiger partial charge in [-0.25, -0.2) is 4.79 Å². The summed E-state index contributed by atoms with van der Waals surface area (Å²) in [5, 5.41) is 11.8. The predicted octanol–water partition coefficient (Wildman–Crippen LogP) is 6.77. The van der Waals surface area contributed by atoms with Gasteiger partial charge in [-0.1, -0.05) is 83.1 Å². The van der Waals surface area contributed by atoms with Gasteiger partial charge in [0.15, 0.2) is 0 Å². The highest BCUT2D eigenvalue weighted by Gasteiger charge is 2.18. The first kappa shape index (κ1) is 35.6. The van der Waals surface area contributed by atoms with Crippen LogP contribution in [-0.2, 0) is 19.1 Å². The van der Waals surface area contributed by atoms with Crippen molar-refractivity contribution in [1.82, 2.24) is 5.32 Å². The number of carboxylic acid groups (broad SMARTS) is 1. The summed E-state index contributed by atoms with van der Waals surface area (Å²) in [6, 6.07) is -0.870. The lowest BCUT2D eigenvalue weighted by Crippen LogP contribution is -2.40. The van der Waals surface area contributed by atoms with E-state index in [1.807, 2.05) is 24.3 Å². The summed E-state index contributed by atoms with van der Waals surface area (Å²) in [4.78, 5) is 35.6. The lowest BCUT2D eigenvalue weighted by Gasteiger charge is -2.13. The molecule has 2 atom stereocenters. The van der Waals surface area contributed by atoms with E-state index in [0.717, 1.165) is 44.9 Å². The van der Waals surface area contributed by atoms with E-state index in [0.29, 0.717) is 38.6 Å². The molecule has 7 nitrogen and oxygen atoms in total. The second-order valence-electron chi connectivity index (χ2n) is 9.79. The number of amides is 1. The molecular weight excluding hydrogens is 480 g/mol. The molecule has 1 amide bonds. The molecule has 0 aromatic heterocycles. The fourth-order valence-corrected chi connectivity index (χ4v) is 3.93. The number of carboxylic acids is 1. The monoisotopic (exact) mass is 534 g/mol. The lowest BCUT2D eigenvalue weighted by atomic mass is 10.1. The Labute approximate surface area is 231 Å². The number of ether oxygens (including phenoxy) is 1. The van der Waals surface area contributed by atoms with E-state index < -0.39 is 12.0 Å². The van der Waals surface area contributed by atoms with Gasteiger partial charge < -0.3 is 20.9 Å². The molecule has 0 saturated carbocycles. The van der Waals surface area contributed by atoms with Crippen LogP contribution in [-0.4, -0.2) is 41.6 Å². The van der Waals surface area contributed by atoms with Crippen molar-refractivity contribution in [2.24, 2.45) is 5.73 Å². The average molecular weight is 535 g/mol. The summed E-state index contributed by atoms with van der Waals surface area (Å²) >= 11 is 0. The van der Waals surface area contributed by atoms with E-state index in [4.69, 9.17) is 10.5 Å². The second kappa shape index (κ2) is 26.2. The average Bonchev–Trinajstić information content (AvgIpc) is 2.89. The van der Waals surface area contributed by atoms with Crippen molar-refractivity contribution >= 4 is 17.8 Å². The van der Waals surface area contributed by atoms with Gasteiger partial charge in [-0.05, 0) is 70.1 Å². The smallest absolute Gasteiger partial charge is 0.326 e. The molecule has 0 spiro atoms. The Hall–Kier alpha value is -2.41. The maximum absolute atomic E-state index is 12.4. The van der Waals surface area contributed by atoms with Crippen molar-refractivity contribution in [1.29, 1.82) is 0 Å². The van der Waals surface area contributed by atoms with Crippen LogP contribution in [0.5, 0.6) is 0 Å². The standard InChI is InChI=1S/C31H54N2O5/c1-3-5-7-9-10-15-19-25-30(35)38-27(21-16-12-8-6-4-2)22-17-13-11-14-18-24-29(34)33-28(31(36)37)23-20-26-32/h6,8,16-17,21-22,27-28H,3-5,7,9-15,18-20,23-26,32H2,1-2H3,(H,33,34)(H,36,37)/b8-6-,21-16-,22-17-. The number of carbonyl (C=O) groups excluding carboxylic acids is 2. The topological polar surface area (TPSA) is 119 Å². The largest absolute Gasteiger partial charge is 0.480 e. The fraction of sp³-hybridized carbons (Fsp3) is 0.710. The Morgan fingerprint density at radius 2 is 1.47 bits per heavy atom. The summed E-state index contributed by atoms with van der Waals surface area (Å²) in [6.45, 7) is 4.71. The molecular formula is C31H54N2O5. The molecule has 0 bridgehead atoms. The minimum atomic E-state index is -1.02. The summed E-state index contributed by atoms with van der Waals surface area (Å²) in [5.74, 6) is -1.41. The first-order valence-corrected chi connectivity index (χ1v) is 14.8. The van der Waals surface area contributed by atoms with Crippen LogP contribution in [0, 0.1) is 0 Å². The van der Waals surface area contributed by atoms with Gasteiger partial charge in [0, 0.05) is 12.8 Å². The Morgan fingerprint density at radius 3 is 2.16 bits per heavy atom. The molecule has 4 N–H and O–H groups in total. The number of rotatable bonds is 25. The number of hydrogen-bond donors (Lipinski definition) is 3. The maximum Gasteiger partial charge on any atom is 0.326 e. The van der Waals surface area contributed by atoms with Crippen molar-refractivity contribution in [2.75, 3.05) is 6.54 Å². The van der Waals surface area contributed by atoms with Crippen LogP contribution in [0.3, 0.4) is 0 Å². The molecule has 2 unspecified atom stereocenters. The van der Waals surface area contributed by atoms with E-state index >= 15 is 0 Å². The Kier molecular flexibility index (Phi) is 24.5. The van der Waals surface area contributed by atoms with Gasteiger partial charge in [0.1, 0.15) is 12.1 Å². The zero-order valence-electron chi connectivity index (χ0n) is 24.0. The molecule has 0 aromatic carbocycles. The van der Waals surface area contributed by atoms with Crippen molar-refractivity contribution in [3.63, 3.8) is 0 Å². The first-order valence-electron chi connectivity index (χ1n) is 14.8. The Balaban J connectivity index is 4.39. The second-order valence-corrected chi connectivity index (χ2v) is 9.79. The fourth-order valence-electron chi connectivity index (χ4n) is 3.93. The van der Waals surface area contributed by atoms with Gasteiger partial charge in [-0.15, -0.1) is 0 Å². The van der Waals surface area contributed by atoms with Gasteiger partial charge in [-0.2, -0.15) is 0 Å². The normalized spacial score (nSPS) is 13.3. The van der Waals surface area contributed by atoms with E-state index in [-0.39, 0.29) is 18.0 Å². The molecule has 0 aliphatic rings. The third-order valence-electron chi connectivity index (χ3n) is 6.18. The number of aliphatic carboxylic acids is 1. The third-order valence-corrected chi connectivity index (χ3v) is 6.18. The Bertz CT molecular complexity index is 702. The lowest BCUT2D eigenvalue weighted by molar-refractivity contribution is -0.145. The van der Waals surface area contributed by atoms with Crippen LogP contribution in [0.1, 0.15) is 123 Å². The number of esters is 1. The number of carbonyl (C=O) groups is 3. The quantitative estimate of drug-likeness (QED) is 0.0676. The summed E-state index contributed by atoms with van der Waals surface area (Å²) in [5.41, 5.74) is 5.43. The van der Waals surface area contributed by atoms with Crippen molar-refractivity contribution in [3.05, 3.63) is 36.5 Å². The van der Waals surface area contributed by atoms with Crippen molar-refractivity contribution in [2.45, 2.75) is 135 Å². The molecule has 0 radical (unpaired) electrons. The number of nitrogens with one attached hydrogen (secondary N) is 1. The van der Waals surface area contributed by atoms with E-state index in [2.05, 4.69) is 31.3 Å². The molecule has 38 heavy (non-hydrogen) atoms. The van der Waals surface area contributed by atoms with Gasteiger partial charge in [0.25, 0.3) is 0 Å². The molecule has 0 saturated heterocycles. The first-order chi connectivity index (χ1) is 18.4. The highest BCUT2D eigenvalue weighted by atomic mass is 16.5. The molecule has 218 valence electrons. The zero-order chi connectivity index (χ0) is 28.3. The van der Waals surface area contributed by atoms with Gasteiger partial charge >= 0.3 is 11.9 Å². The molecule has 0 fully saturated rings. The molecule has 0 aliphatic heterocycles. The third kappa shape index (κ3) is 22.8. The Morgan fingerprint density at radius 1 is 0.816 bits per heavy atom. The van der Waals surface area contributed by atoms with Crippen LogP contribution >= 0.6 is 0 Å². The maximum atomic E-state index is 12.4. The molecule has 7 heteroatoms. The SMILES string of the molecule is CC/C=C\C/C=C\C(/C=C\CCCCCC(=O)NC(CCCN)C(=O)O)OC(=O)CCCCCCCCC. The zero-order valence-corrected chi connectivity index (χ0v) is 24.0. The van der Waals surface area contributed by atoms with E-state index in [9.17, 15) is 19.5 Å². The summed E-state index contributed by atoms with van der Waals surface area (Å²) in [7, 11) is 0. The van der Waals surface area contributed by atoms with Crippen LogP contribution in [0.2, 0.25) is 0 Å². The van der Waals surface area contributed by atoms with Crippen LogP contribution in [0.25, 0.3) is 0 Å². The van der Waals surface area contributed by atoms with E-state index in [1.54, 1.807) is 0 Å². The van der Waals surface area contributed by atoms with E-state index in [1.165, 1.54) is 32.1 Å². The minimum absolute atomic E-state index is 0.154. The highest BCUT2D eigenvalue weighted by Crippen LogP contribution is 2.11. The van der Waals surface area contributed by atoms with Gasteiger partial charge in [0.05, 0.1) is 0 Å². The van der Waals surface area contributed by atoms with Crippen LogP contribution in [0.15, 0.2) is 36.5 Å². The van der Waals surface area contributed by atoms with Gasteiger partial charge in [-0.3, -0.25) is 9.59 Å². The number of allylic oxidation sites excluding steroid dienone is 4. The summed E-state index contributed by atoms with van der Waals surface area (Å²) < 4.78 is 5.70. The predicted molar refractivity (Wildman–Crippen MR) is 156 cm³/mol. The molecule has 0 aromatic rings. The van der Waals surface area contributed by atoms with Crippen molar-refractivity contribution < 1.29 is 24.2 Å². The van der Waals surface area contributed by atoms with Crippen LogP contribution in [0.4, 0.5) is 0 Å². The molecule has 0 rings (SSSR count). The number of unbranched alkanes of at least 4 members (excludes halogenated alkanes) is 9. The number of hydrogen-bond acceptors (Lipinski definition) is 5. The van der Waals surface area contributed by atoms with Crippen molar-refractivity contribution in [3.8, 4) is 0 Å².